The lowest BCUT2D eigenvalue weighted by Gasteiger charge is -2.36. The minimum Gasteiger partial charge on any atom is -0.494 e. The summed E-state index contributed by atoms with van der Waals surface area (Å²) in [7, 11) is 0. The number of benzene rings is 1. The summed E-state index contributed by atoms with van der Waals surface area (Å²) in [6.45, 7) is 6.69. The standard InChI is InChI=1S/C17H25NO3/c1-3-10-21-16-6-4-14(5-7-16)12-18-9-8-15(17(19)20)11-13(18)2/h4-7,13,15H,3,8-12H2,1-2H3,(H,19,20). The number of carboxylic acids is 1. The van der Waals surface area contributed by atoms with Gasteiger partial charge in [-0.05, 0) is 50.4 Å². The average Bonchev–Trinajstić information content (AvgIpc) is 2.48. The van der Waals surface area contributed by atoms with Crippen LogP contribution in [0.5, 0.6) is 5.75 Å². The Hall–Kier alpha value is -1.55. The van der Waals surface area contributed by atoms with E-state index in [0.717, 1.165) is 44.7 Å². The zero-order chi connectivity index (χ0) is 15.2. The van der Waals surface area contributed by atoms with Crippen LogP contribution in [0.1, 0.15) is 38.7 Å². The summed E-state index contributed by atoms with van der Waals surface area (Å²) in [5.41, 5.74) is 1.25. The van der Waals surface area contributed by atoms with Gasteiger partial charge >= 0.3 is 5.97 Å². The van der Waals surface area contributed by atoms with Gasteiger partial charge in [0.05, 0.1) is 12.5 Å². The second-order valence-corrected chi connectivity index (χ2v) is 5.87. The molecule has 1 heterocycles. The maximum Gasteiger partial charge on any atom is 0.306 e. The molecule has 1 aromatic rings. The van der Waals surface area contributed by atoms with Crippen molar-refractivity contribution in [3.63, 3.8) is 0 Å². The summed E-state index contributed by atoms with van der Waals surface area (Å²) in [5.74, 6) is 0.0817. The lowest BCUT2D eigenvalue weighted by atomic mass is 9.91. The lowest BCUT2D eigenvalue weighted by molar-refractivity contribution is -0.144. The largest absolute Gasteiger partial charge is 0.494 e. The molecule has 0 radical (unpaired) electrons. The molecule has 2 unspecified atom stereocenters. The molecule has 4 heteroatoms. The molecule has 0 amide bonds. The molecule has 4 nitrogen and oxygen atoms in total. The summed E-state index contributed by atoms with van der Waals surface area (Å²) in [4.78, 5) is 13.4. The molecule has 116 valence electrons. The van der Waals surface area contributed by atoms with Gasteiger partial charge in [0.25, 0.3) is 0 Å². The molecular formula is C17H25NO3. The second-order valence-electron chi connectivity index (χ2n) is 5.87. The van der Waals surface area contributed by atoms with Crippen LogP contribution < -0.4 is 4.74 Å². The van der Waals surface area contributed by atoms with Gasteiger partial charge in [-0.2, -0.15) is 0 Å². The van der Waals surface area contributed by atoms with Crippen molar-refractivity contribution in [1.29, 1.82) is 0 Å². The van der Waals surface area contributed by atoms with Gasteiger partial charge in [-0.1, -0.05) is 19.1 Å². The van der Waals surface area contributed by atoms with Crippen LogP contribution >= 0.6 is 0 Å². The van der Waals surface area contributed by atoms with Gasteiger partial charge in [-0.25, -0.2) is 0 Å². The number of carbonyl (C=O) groups is 1. The quantitative estimate of drug-likeness (QED) is 0.874. The number of ether oxygens (including phenoxy) is 1. The third kappa shape index (κ3) is 4.46. The van der Waals surface area contributed by atoms with Crippen molar-refractivity contribution in [2.45, 2.75) is 45.7 Å². The summed E-state index contributed by atoms with van der Waals surface area (Å²) in [6, 6.07) is 8.54. The summed E-state index contributed by atoms with van der Waals surface area (Å²) in [6.07, 6.45) is 2.50. The highest BCUT2D eigenvalue weighted by Crippen LogP contribution is 2.25. The van der Waals surface area contributed by atoms with Gasteiger partial charge in [-0.3, -0.25) is 9.69 Å². The fourth-order valence-electron chi connectivity index (χ4n) is 2.83. The van der Waals surface area contributed by atoms with Gasteiger partial charge in [0.15, 0.2) is 0 Å². The van der Waals surface area contributed by atoms with Crippen molar-refractivity contribution >= 4 is 5.97 Å². The third-order valence-electron chi connectivity index (χ3n) is 4.14. The molecule has 0 spiro atoms. The Bertz CT molecular complexity index is 458. The summed E-state index contributed by atoms with van der Waals surface area (Å²) in [5, 5.41) is 9.10. The first kappa shape index (κ1) is 15.8. The number of carboxylic acid groups (broad SMARTS) is 1. The van der Waals surface area contributed by atoms with E-state index >= 15 is 0 Å². The number of hydrogen-bond acceptors (Lipinski definition) is 3. The van der Waals surface area contributed by atoms with E-state index in [4.69, 9.17) is 9.84 Å². The molecule has 0 aromatic heterocycles. The fraction of sp³-hybridized carbons (Fsp3) is 0.588. The van der Waals surface area contributed by atoms with Crippen molar-refractivity contribution in [1.82, 2.24) is 4.90 Å². The normalized spacial score (nSPS) is 23.0. The van der Waals surface area contributed by atoms with Crippen LogP contribution in [0.3, 0.4) is 0 Å². The van der Waals surface area contributed by atoms with Crippen LogP contribution in [0.2, 0.25) is 0 Å². The topological polar surface area (TPSA) is 49.8 Å². The first-order valence-electron chi connectivity index (χ1n) is 7.78. The maximum atomic E-state index is 11.1. The molecule has 1 aliphatic heterocycles. The van der Waals surface area contributed by atoms with E-state index in [2.05, 4.69) is 30.9 Å². The first-order valence-corrected chi connectivity index (χ1v) is 7.78. The van der Waals surface area contributed by atoms with E-state index in [0.29, 0.717) is 6.04 Å². The molecule has 1 N–H and O–H groups in total. The van der Waals surface area contributed by atoms with Gasteiger partial charge in [0, 0.05) is 12.6 Å². The molecule has 1 saturated heterocycles. The van der Waals surface area contributed by atoms with Gasteiger partial charge in [0.2, 0.25) is 0 Å². The molecular weight excluding hydrogens is 266 g/mol. The Morgan fingerprint density at radius 1 is 1.38 bits per heavy atom. The second kappa shape index (κ2) is 7.46. The maximum absolute atomic E-state index is 11.1. The van der Waals surface area contributed by atoms with Crippen molar-refractivity contribution in [3.8, 4) is 5.75 Å². The summed E-state index contributed by atoms with van der Waals surface area (Å²) >= 11 is 0. The lowest BCUT2D eigenvalue weighted by Crippen LogP contribution is -2.42. The average molecular weight is 291 g/mol. The molecule has 21 heavy (non-hydrogen) atoms. The molecule has 1 fully saturated rings. The molecule has 0 saturated carbocycles. The van der Waals surface area contributed by atoms with E-state index in [9.17, 15) is 4.79 Å². The molecule has 0 bridgehead atoms. The van der Waals surface area contributed by atoms with E-state index in [1.807, 2.05) is 12.1 Å². The predicted octanol–water partition coefficient (Wildman–Crippen LogP) is 3.16. The van der Waals surface area contributed by atoms with Gasteiger partial charge < -0.3 is 9.84 Å². The Balaban J connectivity index is 1.88. The number of nitrogens with zero attached hydrogens (tertiary/aromatic N) is 1. The van der Waals surface area contributed by atoms with Crippen LogP contribution in [0.25, 0.3) is 0 Å². The molecule has 2 rings (SSSR count). The number of likely N-dealkylation sites (tertiary alicyclic amines) is 1. The van der Waals surface area contributed by atoms with Crippen molar-refractivity contribution < 1.29 is 14.6 Å². The van der Waals surface area contributed by atoms with Crippen molar-refractivity contribution in [3.05, 3.63) is 29.8 Å². The summed E-state index contributed by atoms with van der Waals surface area (Å²) < 4.78 is 5.58. The van der Waals surface area contributed by atoms with E-state index in [1.54, 1.807) is 0 Å². The number of hydrogen-bond donors (Lipinski definition) is 1. The van der Waals surface area contributed by atoms with Crippen LogP contribution in [0.4, 0.5) is 0 Å². The Labute approximate surface area is 126 Å². The predicted molar refractivity (Wildman–Crippen MR) is 82.5 cm³/mol. The Morgan fingerprint density at radius 2 is 2.10 bits per heavy atom. The SMILES string of the molecule is CCCOc1ccc(CN2CCC(C(=O)O)CC2C)cc1. The van der Waals surface area contributed by atoms with Gasteiger partial charge in [-0.15, -0.1) is 0 Å². The molecule has 2 atom stereocenters. The minimum absolute atomic E-state index is 0.180. The van der Waals surface area contributed by atoms with Crippen molar-refractivity contribution in [2.75, 3.05) is 13.2 Å². The van der Waals surface area contributed by atoms with Crippen LogP contribution in [-0.2, 0) is 11.3 Å². The van der Waals surface area contributed by atoms with Crippen LogP contribution in [-0.4, -0.2) is 35.2 Å². The van der Waals surface area contributed by atoms with Crippen LogP contribution in [0, 0.1) is 5.92 Å². The van der Waals surface area contributed by atoms with Gasteiger partial charge in [0.1, 0.15) is 5.75 Å². The zero-order valence-electron chi connectivity index (χ0n) is 12.9. The van der Waals surface area contributed by atoms with E-state index < -0.39 is 5.97 Å². The molecule has 1 aliphatic rings. The van der Waals surface area contributed by atoms with E-state index in [1.165, 1.54) is 5.56 Å². The highest BCUT2D eigenvalue weighted by molar-refractivity contribution is 5.70. The number of rotatable bonds is 6. The zero-order valence-corrected chi connectivity index (χ0v) is 12.9. The third-order valence-corrected chi connectivity index (χ3v) is 4.14. The smallest absolute Gasteiger partial charge is 0.306 e. The van der Waals surface area contributed by atoms with E-state index in [-0.39, 0.29) is 5.92 Å². The molecule has 0 aliphatic carbocycles. The Morgan fingerprint density at radius 3 is 2.67 bits per heavy atom. The highest BCUT2D eigenvalue weighted by atomic mass is 16.5. The Kier molecular flexibility index (Phi) is 5.62. The minimum atomic E-state index is -0.654. The van der Waals surface area contributed by atoms with Crippen molar-refractivity contribution in [2.24, 2.45) is 5.92 Å². The first-order chi connectivity index (χ1) is 10.1. The number of aliphatic carboxylic acids is 1. The number of piperidine rings is 1. The monoisotopic (exact) mass is 291 g/mol. The van der Waals surface area contributed by atoms with Crippen LogP contribution in [0.15, 0.2) is 24.3 Å². The highest BCUT2D eigenvalue weighted by Gasteiger charge is 2.29. The fourth-order valence-corrected chi connectivity index (χ4v) is 2.83. The molecule has 1 aromatic carbocycles.